The fourth-order valence-electron chi connectivity index (χ4n) is 2.94. The highest BCUT2D eigenvalue weighted by atomic mass is 16.2. The van der Waals surface area contributed by atoms with Crippen molar-refractivity contribution in [3.05, 3.63) is 23.9 Å². The number of nitrogens with one attached hydrogen (secondary N) is 2. The number of rotatable bonds is 5. The largest absolute Gasteiger partial charge is 0.368 e. The fourth-order valence-corrected chi connectivity index (χ4v) is 2.94. The molecule has 3 heterocycles. The molecule has 3 rings (SSSR count). The molecule has 2 N–H and O–H groups in total. The average Bonchev–Trinajstić information content (AvgIpc) is 3.12. The van der Waals surface area contributed by atoms with E-state index >= 15 is 0 Å². The number of likely N-dealkylation sites (tertiary alicyclic amines) is 1. The smallest absolute Gasteiger partial charge is 0.222 e. The summed E-state index contributed by atoms with van der Waals surface area (Å²) in [6.45, 7) is 3.52. The van der Waals surface area contributed by atoms with Crippen LogP contribution in [0.25, 0.3) is 0 Å². The molecule has 1 unspecified atom stereocenters. The molecule has 0 aliphatic carbocycles. The molecule has 1 atom stereocenters. The third-order valence-corrected chi connectivity index (χ3v) is 4.05. The predicted octanol–water partition coefficient (Wildman–Crippen LogP) is 1.54. The predicted molar refractivity (Wildman–Crippen MR) is 78.5 cm³/mol. The van der Waals surface area contributed by atoms with Gasteiger partial charge in [0.25, 0.3) is 0 Å². The molecule has 2 fully saturated rings. The van der Waals surface area contributed by atoms with E-state index in [1.807, 2.05) is 17.0 Å². The van der Waals surface area contributed by atoms with Crippen LogP contribution in [0.15, 0.2) is 18.2 Å². The van der Waals surface area contributed by atoms with Crippen LogP contribution >= 0.6 is 0 Å². The Balaban J connectivity index is 1.52. The molecule has 5 nitrogen and oxygen atoms in total. The first-order valence-electron chi connectivity index (χ1n) is 7.55. The molecule has 108 valence electrons. The minimum atomic E-state index is 0.281. The molecule has 0 radical (unpaired) electrons. The molecular weight excluding hydrogens is 252 g/mol. The number of carbonyl (C=O) groups excluding carboxylic acids is 1. The van der Waals surface area contributed by atoms with Crippen LogP contribution in [0, 0.1) is 0 Å². The third-order valence-electron chi connectivity index (χ3n) is 4.05. The molecule has 0 spiro atoms. The quantitative estimate of drug-likeness (QED) is 0.855. The summed E-state index contributed by atoms with van der Waals surface area (Å²) in [5.74, 6) is 1.19. The second kappa shape index (κ2) is 6.22. The summed E-state index contributed by atoms with van der Waals surface area (Å²) in [7, 11) is 0. The van der Waals surface area contributed by atoms with E-state index in [2.05, 4.69) is 21.7 Å². The van der Waals surface area contributed by atoms with Gasteiger partial charge < -0.3 is 15.5 Å². The highest BCUT2D eigenvalue weighted by molar-refractivity contribution is 5.78. The van der Waals surface area contributed by atoms with Crippen molar-refractivity contribution in [3.63, 3.8) is 0 Å². The highest BCUT2D eigenvalue weighted by Crippen LogP contribution is 2.22. The van der Waals surface area contributed by atoms with Gasteiger partial charge in [0, 0.05) is 32.1 Å². The van der Waals surface area contributed by atoms with Crippen molar-refractivity contribution in [1.82, 2.24) is 15.2 Å². The Kier molecular flexibility index (Phi) is 4.16. The summed E-state index contributed by atoms with van der Waals surface area (Å²) >= 11 is 0. The number of anilines is 1. The van der Waals surface area contributed by atoms with Crippen LogP contribution in [0.1, 0.15) is 37.4 Å². The van der Waals surface area contributed by atoms with Crippen molar-refractivity contribution in [1.29, 1.82) is 0 Å². The number of hydrogen-bond donors (Lipinski definition) is 2. The van der Waals surface area contributed by atoms with Crippen molar-refractivity contribution < 1.29 is 4.79 Å². The van der Waals surface area contributed by atoms with Crippen molar-refractivity contribution in [2.75, 3.05) is 31.5 Å². The lowest BCUT2D eigenvalue weighted by atomic mass is 10.1. The maximum absolute atomic E-state index is 11.5. The molecule has 2 saturated heterocycles. The van der Waals surface area contributed by atoms with E-state index in [9.17, 15) is 4.79 Å². The van der Waals surface area contributed by atoms with Gasteiger partial charge in [-0.05, 0) is 37.9 Å². The van der Waals surface area contributed by atoms with Crippen LogP contribution in [0.2, 0.25) is 0 Å². The van der Waals surface area contributed by atoms with Crippen LogP contribution < -0.4 is 10.6 Å². The molecule has 1 aromatic rings. The number of aromatic nitrogens is 1. The standard InChI is InChI=1S/C15H22N4O/c20-15-7-3-10-19(15)11-9-17-14-6-1-4-13(18-14)12-5-2-8-16-12/h1,4,6,12,16H,2-3,5,7-11H2,(H,17,18). The lowest BCUT2D eigenvalue weighted by Crippen LogP contribution is -2.30. The molecule has 2 aliphatic rings. The number of hydrogen-bond acceptors (Lipinski definition) is 4. The van der Waals surface area contributed by atoms with E-state index in [1.54, 1.807) is 0 Å². The van der Waals surface area contributed by atoms with E-state index in [1.165, 1.54) is 12.8 Å². The summed E-state index contributed by atoms with van der Waals surface area (Å²) in [6, 6.07) is 6.52. The Bertz CT molecular complexity index is 471. The zero-order valence-electron chi connectivity index (χ0n) is 11.8. The third kappa shape index (κ3) is 3.10. The van der Waals surface area contributed by atoms with Crippen LogP contribution in [0.5, 0.6) is 0 Å². The zero-order chi connectivity index (χ0) is 13.8. The highest BCUT2D eigenvalue weighted by Gasteiger charge is 2.19. The maximum Gasteiger partial charge on any atom is 0.222 e. The van der Waals surface area contributed by atoms with E-state index < -0.39 is 0 Å². The fraction of sp³-hybridized carbons (Fsp3) is 0.600. The summed E-state index contributed by atoms with van der Waals surface area (Å²) in [5, 5.41) is 6.79. The Hall–Kier alpha value is -1.62. The Morgan fingerprint density at radius 2 is 2.35 bits per heavy atom. The van der Waals surface area contributed by atoms with Gasteiger partial charge in [0.2, 0.25) is 5.91 Å². The van der Waals surface area contributed by atoms with Gasteiger partial charge in [0.1, 0.15) is 5.82 Å². The van der Waals surface area contributed by atoms with E-state index in [-0.39, 0.29) is 5.91 Å². The maximum atomic E-state index is 11.5. The van der Waals surface area contributed by atoms with Gasteiger partial charge in [-0.3, -0.25) is 4.79 Å². The molecular formula is C15H22N4O. The van der Waals surface area contributed by atoms with E-state index in [4.69, 9.17) is 0 Å². The minimum Gasteiger partial charge on any atom is -0.368 e. The molecule has 20 heavy (non-hydrogen) atoms. The van der Waals surface area contributed by atoms with E-state index in [0.29, 0.717) is 12.5 Å². The Labute approximate surface area is 119 Å². The molecule has 5 heteroatoms. The zero-order valence-corrected chi connectivity index (χ0v) is 11.8. The van der Waals surface area contributed by atoms with Crippen LogP contribution in [-0.2, 0) is 4.79 Å². The summed E-state index contributed by atoms with van der Waals surface area (Å²) in [6.07, 6.45) is 4.10. The summed E-state index contributed by atoms with van der Waals surface area (Å²) < 4.78 is 0. The molecule has 0 saturated carbocycles. The van der Waals surface area contributed by atoms with Crippen LogP contribution in [0.3, 0.4) is 0 Å². The minimum absolute atomic E-state index is 0.281. The molecule has 2 aliphatic heterocycles. The van der Waals surface area contributed by atoms with Gasteiger partial charge >= 0.3 is 0 Å². The van der Waals surface area contributed by atoms with E-state index in [0.717, 1.165) is 44.1 Å². The van der Waals surface area contributed by atoms with Crippen LogP contribution in [-0.4, -0.2) is 42.0 Å². The lowest BCUT2D eigenvalue weighted by molar-refractivity contribution is -0.127. The van der Waals surface area contributed by atoms with Gasteiger partial charge in [0.15, 0.2) is 0 Å². The number of carbonyl (C=O) groups is 1. The van der Waals surface area contributed by atoms with Crippen molar-refractivity contribution in [2.45, 2.75) is 31.7 Å². The summed E-state index contributed by atoms with van der Waals surface area (Å²) in [5.41, 5.74) is 1.12. The number of amides is 1. The van der Waals surface area contributed by atoms with Crippen molar-refractivity contribution in [3.8, 4) is 0 Å². The van der Waals surface area contributed by atoms with Gasteiger partial charge in [-0.25, -0.2) is 4.98 Å². The molecule has 1 amide bonds. The van der Waals surface area contributed by atoms with Gasteiger partial charge in [-0.1, -0.05) is 6.07 Å². The number of pyridine rings is 1. The Morgan fingerprint density at radius 3 is 3.10 bits per heavy atom. The summed E-state index contributed by atoms with van der Waals surface area (Å²) in [4.78, 5) is 18.1. The molecule has 0 aromatic carbocycles. The first kappa shape index (κ1) is 13.4. The lowest BCUT2D eigenvalue weighted by Gasteiger charge is -2.16. The average molecular weight is 274 g/mol. The molecule has 1 aromatic heterocycles. The second-order valence-corrected chi connectivity index (χ2v) is 5.51. The first-order valence-corrected chi connectivity index (χ1v) is 7.55. The first-order chi connectivity index (χ1) is 9.83. The molecule has 0 bridgehead atoms. The van der Waals surface area contributed by atoms with Crippen molar-refractivity contribution in [2.24, 2.45) is 0 Å². The van der Waals surface area contributed by atoms with Gasteiger partial charge in [-0.2, -0.15) is 0 Å². The SMILES string of the molecule is O=C1CCCN1CCNc1cccc(C2CCCN2)n1. The normalized spacial score (nSPS) is 22.5. The van der Waals surface area contributed by atoms with Gasteiger partial charge in [-0.15, -0.1) is 0 Å². The number of nitrogens with zero attached hydrogens (tertiary/aromatic N) is 2. The van der Waals surface area contributed by atoms with Gasteiger partial charge in [0.05, 0.1) is 5.69 Å². The van der Waals surface area contributed by atoms with Crippen LogP contribution in [0.4, 0.5) is 5.82 Å². The topological polar surface area (TPSA) is 57.3 Å². The monoisotopic (exact) mass is 274 g/mol. The Morgan fingerprint density at radius 1 is 1.40 bits per heavy atom. The van der Waals surface area contributed by atoms with Crippen molar-refractivity contribution >= 4 is 11.7 Å². The second-order valence-electron chi connectivity index (χ2n) is 5.51.